The molecule has 0 aliphatic heterocycles. The summed E-state index contributed by atoms with van der Waals surface area (Å²) in [6, 6.07) is 7.72. The summed E-state index contributed by atoms with van der Waals surface area (Å²) in [7, 11) is 1.62. The largest absolute Gasteiger partial charge is 0.497 e. The average molecular weight is 281 g/mol. The Morgan fingerprint density at radius 1 is 1.35 bits per heavy atom. The maximum atomic E-state index is 11.0. The van der Waals surface area contributed by atoms with Crippen LogP contribution in [-0.2, 0) is 11.3 Å². The first-order valence-corrected chi connectivity index (χ1v) is 6.75. The van der Waals surface area contributed by atoms with Gasteiger partial charge in [-0.2, -0.15) is 0 Å². The first kappa shape index (κ1) is 16.5. The number of carbonyl (C=O) groups is 1. The number of rotatable bonds is 9. The molecule has 0 aliphatic carbocycles. The first-order chi connectivity index (χ1) is 9.56. The van der Waals surface area contributed by atoms with Crippen molar-refractivity contribution in [2.24, 2.45) is 5.92 Å². The fourth-order valence-electron chi connectivity index (χ4n) is 1.98. The molecular formula is C15H23NO4. The summed E-state index contributed by atoms with van der Waals surface area (Å²) in [6.07, 6.45) is 0.641. The summed E-state index contributed by atoms with van der Waals surface area (Å²) in [6.45, 7) is 3.63. The maximum absolute atomic E-state index is 11.0. The van der Waals surface area contributed by atoms with Gasteiger partial charge in [0, 0.05) is 26.2 Å². The maximum Gasteiger partial charge on any atom is 0.307 e. The molecule has 0 bridgehead atoms. The normalized spacial score (nSPS) is 12.4. The molecule has 1 unspecified atom stereocenters. The molecule has 0 amide bonds. The zero-order valence-electron chi connectivity index (χ0n) is 12.1. The van der Waals surface area contributed by atoms with Crippen LogP contribution in [-0.4, -0.2) is 47.9 Å². The van der Waals surface area contributed by atoms with Crippen LogP contribution in [0, 0.1) is 5.92 Å². The molecule has 5 nitrogen and oxygen atoms in total. The van der Waals surface area contributed by atoms with Gasteiger partial charge >= 0.3 is 5.97 Å². The SMILES string of the molecule is COc1ccc(CN(CCCO)CC(C)C(=O)O)cc1. The number of hydrogen-bond acceptors (Lipinski definition) is 4. The molecule has 1 rings (SSSR count). The Balaban J connectivity index is 2.64. The lowest BCUT2D eigenvalue weighted by Crippen LogP contribution is -2.32. The summed E-state index contributed by atoms with van der Waals surface area (Å²) in [5.74, 6) is -0.421. The molecular weight excluding hydrogens is 258 g/mol. The van der Waals surface area contributed by atoms with Gasteiger partial charge in [0.2, 0.25) is 0 Å². The third-order valence-electron chi connectivity index (χ3n) is 3.15. The number of methoxy groups -OCH3 is 1. The van der Waals surface area contributed by atoms with Gasteiger partial charge in [-0.05, 0) is 24.1 Å². The van der Waals surface area contributed by atoms with E-state index < -0.39 is 11.9 Å². The van der Waals surface area contributed by atoms with Gasteiger partial charge in [0.1, 0.15) is 5.75 Å². The number of carboxylic acids is 1. The van der Waals surface area contributed by atoms with Gasteiger partial charge in [-0.3, -0.25) is 9.69 Å². The molecule has 1 atom stereocenters. The Hall–Kier alpha value is -1.59. The van der Waals surface area contributed by atoms with Gasteiger partial charge in [0.05, 0.1) is 13.0 Å². The standard InChI is InChI=1S/C15H23NO4/c1-12(15(18)19)10-16(8-3-9-17)11-13-4-6-14(20-2)7-5-13/h4-7,12,17H,3,8-11H2,1-2H3,(H,18,19). The van der Waals surface area contributed by atoms with Crippen molar-refractivity contribution in [1.29, 1.82) is 0 Å². The van der Waals surface area contributed by atoms with Crippen molar-refractivity contribution in [3.8, 4) is 5.75 Å². The van der Waals surface area contributed by atoms with Crippen LogP contribution >= 0.6 is 0 Å². The Kier molecular flexibility index (Phi) is 7.04. The minimum atomic E-state index is -0.797. The van der Waals surface area contributed by atoms with E-state index in [1.54, 1.807) is 14.0 Å². The number of ether oxygens (including phenoxy) is 1. The minimum absolute atomic E-state index is 0.112. The topological polar surface area (TPSA) is 70.0 Å². The second-order valence-electron chi connectivity index (χ2n) is 4.90. The van der Waals surface area contributed by atoms with E-state index in [-0.39, 0.29) is 6.61 Å². The summed E-state index contributed by atoms with van der Waals surface area (Å²) in [5, 5.41) is 17.9. The third-order valence-corrected chi connectivity index (χ3v) is 3.15. The van der Waals surface area contributed by atoms with E-state index in [1.807, 2.05) is 24.3 Å². The van der Waals surface area contributed by atoms with Crippen molar-refractivity contribution >= 4 is 5.97 Å². The van der Waals surface area contributed by atoms with Gasteiger partial charge in [-0.1, -0.05) is 19.1 Å². The van der Waals surface area contributed by atoms with Crippen LogP contribution < -0.4 is 4.74 Å². The number of nitrogens with zero attached hydrogens (tertiary/aromatic N) is 1. The second-order valence-corrected chi connectivity index (χ2v) is 4.90. The predicted molar refractivity (Wildman–Crippen MR) is 76.8 cm³/mol. The van der Waals surface area contributed by atoms with Crippen molar-refractivity contribution in [2.75, 3.05) is 26.8 Å². The lowest BCUT2D eigenvalue weighted by molar-refractivity contribution is -0.141. The van der Waals surface area contributed by atoms with E-state index in [0.29, 0.717) is 26.1 Å². The molecule has 0 fully saturated rings. The number of carboxylic acid groups (broad SMARTS) is 1. The van der Waals surface area contributed by atoms with Gasteiger partial charge < -0.3 is 14.9 Å². The summed E-state index contributed by atoms with van der Waals surface area (Å²) in [5.41, 5.74) is 1.10. The monoisotopic (exact) mass is 281 g/mol. The van der Waals surface area contributed by atoms with E-state index in [9.17, 15) is 4.79 Å². The molecule has 0 saturated heterocycles. The molecule has 5 heteroatoms. The van der Waals surface area contributed by atoms with Crippen LogP contribution in [0.4, 0.5) is 0 Å². The number of aliphatic hydroxyl groups is 1. The van der Waals surface area contributed by atoms with Crippen LogP contribution in [0.15, 0.2) is 24.3 Å². The molecule has 0 aliphatic rings. The van der Waals surface area contributed by atoms with Crippen molar-refractivity contribution in [3.05, 3.63) is 29.8 Å². The van der Waals surface area contributed by atoms with Crippen LogP contribution in [0.3, 0.4) is 0 Å². The van der Waals surface area contributed by atoms with E-state index >= 15 is 0 Å². The molecule has 0 saturated carbocycles. The molecule has 0 heterocycles. The highest BCUT2D eigenvalue weighted by Gasteiger charge is 2.16. The minimum Gasteiger partial charge on any atom is -0.497 e. The highest BCUT2D eigenvalue weighted by Crippen LogP contribution is 2.14. The van der Waals surface area contributed by atoms with Crippen LogP contribution in [0.5, 0.6) is 5.75 Å². The Morgan fingerprint density at radius 2 is 2.00 bits per heavy atom. The molecule has 0 aromatic heterocycles. The Morgan fingerprint density at radius 3 is 2.50 bits per heavy atom. The van der Waals surface area contributed by atoms with Crippen LogP contribution in [0.2, 0.25) is 0 Å². The van der Waals surface area contributed by atoms with Crippen molar-refractivity contribution < 1.29 is 19.7 Å². The van der Waals surface area contributed by atoms with E-state index in [0.717, 1.165) is 11.3 Å². The van der Waals surface area contributed by atoms with Gasteiger partial charge in [0.15, 0.2) is 0 Å². The molecule has 1 aromatic carbocycles. The first-order valence-electron chi connectivity index (χ1n) is 6.75. The molecule has 0 radical (unpaired) electrons. The molecule has 20 heavy (non-hydrogen) atoms. The molecule has 0 spiro atoms. The molecule has 112 valence electrons. The number of aliphatic carboxylic acids is 1. The van der Waals surface area contributed by atoms with Gasteiger partial charge in [-0.25, -0.2) is 0 Å². The average Bonchev–Trinajstić information content (AvgIpc) is 2.45. The highest BCUT2D eigenvalue weighted by atomic mass is 16.5. The van der Waals surface area contributed by atoms with E-state index in [2.05, 4.69) is 4.90 Å². The van der Waals surface area contributed by atoms with Gasteiger partial charge in [-0.15, -0.1) is 0 Å². The molecule has 2 N–H and O–H groups in total. The summed E-state index contributed by atoms with van der Waals surface area (Å²) >= 11 is 0. The van der Waals surface area contributed by atoms with Crippen LogP contribution in [0.1, 0.15) is 18.9 Å². The van der Waals surface area contributed by atoms with Crippen molar-refractivity contribution in [3.63, 3.8) is 0 Å². The summed E-state index contributed by atoms with van der Waals surface area (Å²) in [4.78, 5) is 13.0. The number of benzene rings is 1. The van der Waals surface area contributed by atoms with E-state index in [4.69, 9.17) is 14.9 Å². The lowest BCUT2D eigenvalue weighted by Gasteiger charge is -2.24. The Bertz CT molecular complexity index is 405. The number of hydrogen-bond donors (Lipinski definition) is 2. The smallest absolute Gasteiger partial charge is 0.307 e. The zero-order chi connectivity index (χ0) is 15.0. The predicted octanol–water partition coefficient (Wildman–Crippen LogP) is 1.60. The third kappa shape index (κ3) is 5.59. The van der Waals surface area contributed by atoms with Gasteiger partial charge in [0.25, 0.3) is 0 Å². The van der Waals surface area contributed by atoms with Crippen molar-refractivity contribution in [1.82, 2.24) is 4.90 Å². The van der Waals surface area contributed by atoms with Crippen molar-refractivity contribution in [2.45, 2.75) is 19.9 Å². The number of aliphatic hydroxyl groups excluding tert-OH is 1. The fourth-order valence-corrected chi connectivity index (χ4v) is 1.98. The Labute approximate surface area is 119 Å². The van der Waals surface area contributed by atoms with E-state index in [1.165, 1.54) is 0 Å². The lowest BCUT2D eigenvalue weighted by atomic mass is 10.1. The quantitative estimate of drug-likeness (QED) is 0.719. The summed E-state index contributed by atoms with van der Waals surface area (Å²) < 4.78 is 5.11. The second kappa shape index (κ2) is 8.55. The molecule has 1 aromatic rings. The fraction of sp³-hybridized carbons (Fsp3) is 0.533. The zero-order valence-corrected chi connectivity index (χ0v) is 12.1. The van der Waals surface area contributed by atoms with Crippen LogP contribution in [0.25, 0.3) is 0 Å². The highest BCUT2D eigenvalue weighted by molar-refractivity contribution is 5.69.